The molecule has 2 fully saturated rings. The molecule has 2 nitrogen and oxygen atoms in total. The van der Waals surface area contributed by atoms with E-state index < -0.39 is 0 Å². The van der Waals surface area contributed by atoms with E-state index in [-0.39, 0.29) is 11.2 Å². The van der Waals surface area contributed by atoms with Gasteiger partial charge in [-0.25, -0.2) is 0 Å². The summed E-state index contributed by atoms with van der Waals surface area (Å²) in [5.74, 6) is 1.07. The lowest BCUT2D eigenvalue weighted by Gasteiger charge is -2.28. The fourth-order valence-electron chi connectivity index (χ4n) is 3.65. The van der Waals surface area contributed by atoms with E-state index in [0.29, 0.717) is 5.56 Å². The molecule has 0 saturated heterocycles. The number of fused-ring (bicyclic) bond motifs is 2. The van der Waals surface area contributed by atoms with E-state index in [0.717, 1.165) is 17.8 Å². The molecule has 2 bridgehead atoms. The van der Waals surface area contributed by atoms with Crippen molar-refractivity contribution in [2.45, 2.75) is 37.5 Å². The summed E-state index contributed by atoms with van der Waals surface area (Å²) in [5, 5.41) is 10.1. The van der Waals surface area contributed by atoms with Gasteiger partial charge in [-0.15, -0.1) is 0 Å². The molecule has 0 unspecified atom stereocenters. The molecular formula is C14H16O2. The van der Waals surface area contributed by atoms with Crippen LogP contribution >= 0.6 is 0 Å². The van der Waals surface area contributed by atoms with Crippen molar-refractivity contribution in [3.05, 3.63) is 29.3 Å². The molecule has 2 heteroatoms. The predicted molar refractivity (Wildman–Crippen MR) is 61.7 cm³/mol. The molecule has 0 radical (unpaired) electrons. The van der Waals surface area contributed by atoms with Crippen LogP contribution in [0.5, 0.6) is 5.75 Å². The smallest absolute Gasteiger partial charge is 0.153 e. The summed E-state index contributed by atoms with van der Waals surface area (Å²) in [6.07, 6.45) is 6.86. The first kappa shape index (κ1) is 9.88. The Hall–Kier alpha value is -1.31. The molecular weight excluding hydrogens is 200 g/mol. The third-order valence-electron chi connectivity index (χ3n) is 4.51. The highest BCUT2D eigenvalue weighted by Gasteiger charge is 2.47. The molecule has 3 rings (SSSR count). The largest absolute Gasteiger partial charge is 0.507 e. The Balaban J connectivity index is 2.09. The van der Waals surface area contributed by atoms with Crippen molar-refractivity contribution in [3.63, 3.8) is 0 Å². The number of phenols is 1. The minimum atomic E-state index is 0.174. The monoisotopic (exact) mass is 216 g/mol. The van der Waals surface area contributed by atoms with Crippen molar-refractivity contribution in [3.8, 4) is 5.75 Å². The zero-order valence-corrected chi connectivity index (χ0v) is 9.28. The van der Waals surface area contributed by atoms with Gasteiger partial charge in [0.2, 0.25) is 0 Å². The molecule has 2 aliphatic carbocycles. The van der Waals surface area contributed by atoms with E-state index in [2.05, 4.69) is 0 Å². The van der Waals surface area contributed by atoms with Crippen molar-refractivity contribution in [1.29, 1.82) is 0 Å². The van der Waals surface area contributed by atoms with E-state index in [1.807, 2.05) is 12.1 Å². The number of carbonyl (C=O) groups is 1. The highest BCUT2D eigenvalue weighted by Crippen LogP contribution is 2.57. The maximum Gasteiger partial charge on any atom is 0.153 e. The average molecular weight is 216 g/mol. The van der Waals surface area contributed by atoms with Gasteiger partial charge >= 0.3 is 0 Å². The van der Waals surface area contributed by atoms with E-state index in [4.69, 9.17) is 0 Å². The van der Waals surface area contributed by atoms with Gasteiger partial charge in [0, 0.05) is 5.56 Å². The van der Waals surface area contributed by atoms with Crippen molar-refractivity contribution in [2.24, 2.45) is 5.92 Å². The summed E-state index contributed by atoms with van der Waals surface area (Å²) in [4.78, 5) is 10.8. The number of hydrogen-bond acceptors (Lipinski definition) is 2. The SMILES string of the molecule is O=Cc1cccc(C23CCC(CC2)C3)c1O. The molecule has 1 aromatic carbocycles. The lowest BCUT2D eigenvalue weighted by atomic mass is 9.77. The zero-order chi connectivity index (χ0) is 11.2. The van der Waals surface area contributed by atoms with Crippen LogP contribution in [0.15, 0.2) is 18.2 Å². The van der Waals surface area contributed by atoms with Gasteiger partial charge in [-0.2, -0.15) is 0 Å². The minimum Gasteiger partial charge on any atom is -0.507 e. The van der Waals surface area contributed by atoms with Crippen LogP contribution in [0.25, 0.3) is 0 Å². The zero-order valence-electron chi connectivity index (χ0n) is 9.28. The Kier molecular flexibility index (Phi) is 2.06. The predicted octanol–water partition coefficient (Wildman–Crippen LogP) is 3.04. The van der Waals surface area contributed by atoms with Gasteiger partial charge in [-0.05, 0) is 49.5 Å². The van der Waals surface area contributed by atoms with Crippen LogP contribution in [-0.4, -0.2) is 11.4 Å². The second-order valence-corrected chi connectivity index (χ2v) is 5.29. The maximum atomic E-state index is 10.8. The van der Waals surface area contributed by atoms with Crippen LogP contribution in [0.3, 0.4) is 0 Å². The topological polar surface area (TPSA) is 37.3 Å². The van der Waals surface area contributed by atoms with Crippen LogP contribution in [-0.2, 0) is 5.41 Å². The molecule has 0 atom stereocenters. The number of phenolic OH excluding ortho intramolecular Hbond substituents is 1. The normalized spacial score (nSPS) is 31.9. The molecule has 1 aromatic rings. The Morgan fingerprint density at radius 2 is 2.06 bits per heavy atom. The first-order chi connectivity index (χ1) is 7.75. The molecule has 0 heterocycles. The summed E-state index contributed by atoms with van der Waals surface area (Å²) >= 11 is 0. The van der Waals surface area contributed by atoms with Gasteiger partial charge in [0.05, 0.1) is 5.56 Å². The Morgan fingerprint density at radius 1 is 1.31 bits per heavy atom. The van der Waals surface area contributed by atoms with Crippen LogP contribution in [0, 0.1) is 5.92 Å². The van der Waals surface area contributed by atoms with Crippen molar-refractivity contribution in [2.75, 3.05) is 0 Å². The lowest BCUT2D eigenvalue weighted by molar-refractivity contribution is 0.112. The number of rotatable bonds is 2. The van der Waals surface area contributed by atoms with Crippen LogP contribution in [0.2, 0.25) is 0 Å². The van der Waals surface area contributed by atoms with Crippen molar-refractivity contribution < 1.29 is 9.90 Å². The van der Waals surface area contributed by atoms with E-state index in [1.54, 1.807) is 6.07 Å². The summed E-state index contributed by atoms with van der Waals surface area (Å²) in [7, 11) is 0. The summed E-state index contributed by atoms with van der Waals surface area (Å²) in [5.41, 5.74) is 1.62. The Bertz CT molecular complexity index is 428. The fraction of sp³-hybridized carbons (Fsp3) is 0.500. The molecule has 2 aliphatic rings. The van der Waals surface area contributed by atoms with Gasteiger partial charge < -0.3 is 5.11 Å². The number of para-hydroxylation sites is 1. The molecule has 16 heavy (non-hydrogen) atoms. The van der Waals surface area contributed by atoms with Crippen LogP contribution in [0.1, 0.15) is 48.0 Å². The van der Waals surface area contributed by atoms with Gasteiger partial charge in [0.15, 0.2) is 6.29 Å². The number of aldehydes is 1. The van der Waals surface area contributed by atoms with E-state index in [9.17, 15) is 9.90 Å². The second-order valence-electron chi connectivity index (χ2n) is 5.29. The fourth-order valence-corrected chi connectivity index (χ4v) is 3.65. The highest BCUT2D eigenvalue weighted by atomic mass is 16.3. The number of hydrogen-bond donors (Lipinski definition) is 1. The number of carbonyl (C=O) groups excluding carboxylic acids is 1. The molecule has 0 amide bonds. The first-order valence-corrected chi connectivity index (χ1v) is 6.03. The molecule has 1 N–H and O–H groups in total. The van der Waals surface area contributed by atoms with Gasteiger partial charge in [-0.3, -0.25) is 4.79 Å². The molecule has 0 spiro atoms. The van der Waals surface area contributed by atoms with Crippen LogP contribution in [0.4, 0.5) is 0 Å². The summed E-state index contributed by atoms with van der Waals surface area (Å²) in [6, 6.07) is 5.57. The Labute approximate surface area is 95.3 Å². The van der Waals surface area contributed by atoms with E-state index in [1.165, 1.54) is 32.1 Å². The Morgan fingerprint density at radius 3 is 2.62 bits per heavy atom. The van der Waals surface area contributed by atoms with Gasteiger partial charge in [-0.1, -0.05) is 12.1 Å². The number of aromatic hydroxyl groups is 1. The molecule has 0 aromatic heterocycles. The third-order valence-corrected chi connectivity index (χ3v) is 4.51. The number of benzene rings is 1. The highest BCUT2D eigenvalue weighted by molar-refractivity contribution is 5.80. The maximum absolute atomic E-state index is 10.8. The second kappa shape index (κ2) is 3.34. The summed E-state index contributed by atoms with van der Waals surface area (Å²) in [6.45, 7) is 0. The molecule has 84 valence electrons. The van der Waals surface area contributed by atoms with E-state index >= 15 is 0 Å². The quantitative estimate of drug-likeness (QED) is 0.771. The lowest BCUT2D eigenvalue weighted by Crippen LogP contribution is -2.19. The minimum absolute atomic E-state index is 0.174. The standard InChI is InChI=1S/C14H16O2/c15-9-11-2-1-3-12(13(11)16)14-6-4-10(8-14)5-7-14/h1-3,9-10,16H,4-8H2. The van der Waals surface area contributed by atoms with Crippen molar-refractivity contribution in [1.82, 2.24) is 0 Å². The van der Waals surface area contributed by atoms with Crippen molar-refractivity contribution >= 4 is 6.29 Å². The molecule has 2 saturated carbocycles. The van der Waals surface area contributed by atoms with Gasteiger partial charge in [0.1, 0.15) is 5.75 Å². The first-order valence-electron chi connectivity index (χ1n) is 6.03. The third kappa shape index (κ3) is 1.22. The van der Waals surface area contributed by atoms with Crippen LogP contribution < -0.4 is 0 Å². The molecule has 0 aliphatic heterocycles. The average Bonchev–Trinajstić information content (AvgIpc) is 2.90. The van der Waals surface area contributed by atoms with Gasteiger partial charge in [0.25, 0.3) is 0 Å². The summed E-state index contributed by atoms with van der Waals surface area (Å²) < 4.78 is 0.